The van der Waals surface area contributed by atoms with Crippen LogP contribution in [0.15, 0.2) is 52.7 Å². The maximum atomic E-state index is 13.4. The molecule has 0 bridgehead atoms. The minimum absolute atomic E-state index is 0.167. The van der Waals surface area contributed by atoms with Gasteiger partial charge in [-0.15, -0.1) is 5.10 Å². The van der Waals surface area contributed by atoms with E-state index >= 15 is 0 Å². The van der Waals surface area contributed by atoms with Gasteiger partial charge in [-0.05, 0) is 29.8 Å². The number of nitrogens with two attached hydrogens (primary N) is 2. The summed E-state index contributed by atoms with van der Waals surface area (Å²) in [6.45, 7) is 0.243. The first kappa shape index (κ1) is 15.8. The fraction of sp³-hybridized carbons (Fsp3) is 0.0667. The van der Waals surface area contributed by atoms with Gasteiger partial charge in [0, 0.05) is 16.7 Å². The molecule has 5 nitrogen and oxygen atoms in total. The van der Waals surface area contributed by atoms with Crippen LogP contribution in [0, 0.1) is 5.82 Å². The van der Waals surface area contributed by atoms with Gasteiger partial charge in [-0.25, -0.2) is 4.39 Å². The summed E-state index contributed by atoms with van der Waals surface area (Å²) in [5.74, 6) is -0.255. The zero-order chi connectivity index (χ0) is 15.9. The first-order valence-corrected chi connectivity index (χ1v) is 6.71. The monoisotopic (exact) mass is 320 g/mol. The van der Waals surface area contributed by atoms with Crippen molar-refractivity contribution in [3.8, 4) is 5.75 Å². The Morgan fingerprint density at radius 2 is 2.05 bits per heavy atom. The van der Waals surface area contributed by atoms with E-state index in [9.17, 15) is 4.39 Å². The second-order valence-corrected chi connectivity index (χ2v) is 4.81. The summed E-state index contributed by atoms with van der Waals surface area (Å²) >= 11 is 5.91. The van der Waals surface area contributed by atoms with Crippen molar-refractivity contribution in [2.24, 2.45) is 21.7 Å². The molecule has 0 aliphatic carbocycles. The molecular weight excluding hydrogens is 307 g/mol. The minimum Gasteiger partial charge on any atom is -0.488 e. The predicted octanol–water partition coefficient (Wildman–Crippen LogP) is 2.67. The van der Waals surface area contributed by atoms with Crippen LogP contribution in [0.2, 0.25) is 5.02 Å². The van der Waals surface area contributed by atoms with Gasteiger partial charge in [0.15, 0.2) is 0 Å². The molecule has 0 fully saturated rings. The Hall–Kier alpha value is -2.60. The Balaban J connectivity index is 2.16. The van der Waals surface area contributed by atoms with E-state index in [1.165, 1.54) is 24.4 Å². The van der Waals surface area contributed by atoms with Gasteiger partial charge in [0.25, 0.3) is 0 Å². The maximum Gasteiger partial charge on any atom is 0.211 e. The van der Waals surface area contributed by atoms with Crippen molar-refractivity contribution in [3.63, 3.8) is 0 Å². The summed E-state index contributed by atoms with van der Waals surface area (Å²) in [7, 11) is 0. The highest BCUT2D eigenvalue weighted by molar-refractivity contribution is 6.30. The highest BCUT2D eigenvalue weighted by Crippen LogP contribution is 2.20. The molecule has 2 aromatic rings. The summed E-state index contributed by atoms with van der Waals surface area (Å²) in [6.07, 6.45) is 1.38. The van der Waals surface area contributed by atoms with Crippen molar-refractivity contribution in [1.29, 1.82) is 0 Å². The molecular formula is C15H14ClFN4O. The largest absolute Gasteiger partial charge is 0.488 e. The normalized spacial score (nSPS) is 10.6. The summed E-state index contributed by atoms with van der Waals surface area (Å²) in [5.41, 5.74) is 11.8. The summed E-state index contributed by atoms with van der Waals surface area (Å²) in [4.78, 5) is 0. The van der Waals surface area contributed by atoms with Crippen LogP contribution in [0.4, 0.5) is 4.39 Å². The molecule has 0 saturated carbocycles. The molecule has 0 radical (unpaired) electrons. The first-order chi connectivity index (χ1) is 10.5. The molecule has 0 aliphatic rings. The molecule has 0 unspecified atom stereocenters. The number of nitrogens with zero attached hydrogens (tertiary/aromatic N) is 2. The van der Waals surface area contributed by atoms with E-state index in [1.54, 1.807) is 12.1 Å². The van der Waals surface area contributed by atoms with E-state index in [4.69, 9.17) is 27.8 Å². The molecule has 2 aromatic carbocycles. The highest BCUT2D eigenvalue weighted by atomic mass is 35.5. The molecule has 2 rings (SSSR count). The Kier molecular flexibility index (Phi) is 5.32. The van der Waals surface area contributed by atoms with Gasteiger partial charge in [-0.1, -0.05) is 23.7 Å². The minimum atomic E-state index is -0.417. The third kappa shape index (κ3) is 4.75. The van der Waals surface area contributed by atoms with Crippen LogP contribution >= 0.6 is 11.6 Å². The lowest BCUT2D eigenvalue weighted by molar-refractivity contribution is 0.304. The van der Waals surface area contributed by atoms with Crippen LogP contribution in [0.1, 0.15) is 11.1 Å². The Bertz CT molecular complexity index is 714. The van der Waals surface area contributed by atoms with E-state index < -0.39 is 5.82 Å². The topological polar surface area (TPSA) is 86.0 Å². The number of halogens is 2. The van der Waals surface area contributed by atoms with E-state index in [2.05, 4.69) is 10.2 Å². The summed E-state index contributed by atoms with van der Waals surface area (Å²) in [6, 6.07) is 11.3. The van der Waals surface area contributed by atoms with Gasteiger partial charge in [0.2, 0.25) is 5.96 Å². The van der Waals surface area contributed by atoms with Crippen LogP contribution in [0.3, 0.4) is 0 Å². The van der Waals surface area contributed by atoms with Crippen molar-refractivity contribution in [3.05, 3.63) is 64.4 Å². The number of hydrogen-bond acceptors (Lipinski definition) is 3. The van der Waals surface area contributed by atoms with Crippen LogP contribution in [-0.2, 0) is 6.61 Å². The smallest absolute Gasteiger partial charge is 0.211 e. The van der Waals surface area contributed by atoms with Gasteiger partial charge in [-0.2, -0.15) is 5.10 Å². The predicted molar refractivity (Wildman–Crippen MR) is 85.6 cm³/mol. The molecule has 114 valence electrons. The van der Waals surface area contributed by atoms with E-state index in [0.29, 0.717) is 16.3 Å². The van der Waals surface area contributed by atoms with Gasteiger partial charge >= 0.3 is 0 Å². The molecule has 0 spiro atoms. The lowest BCUT2D eigenvalue weighted by Gasteiger charge is -2.09. The second-order valence-electron chi connectivity index (χ2n) is 4.37. The average Bonchev–Trinajstić information content (AvgIpc) is 2.47. The van der Waals surface area contributed by atoms with E-state index in [-0.39, 0.29) is 12.6 Å². The number of guanidine groups is 1. The maximum absolute atomic E-state index is 13.4. The van der Waals surface area contributed by atoms with E-state index in [0.717, 1.165) is 5.56 Å². The molecule has 0 saturated heterocycles. The van der Waals surface area contributed by atoms with Crippen molar-refractivity contribution >= 4 is 23.8 Å². The van der Waals surface area contributed by atoms with Crippen molar-refractivity contribution < 1.29 is 9.13 Å². The summed E-state index contributed by atoms with van der Waals surface area (Å²) in [5, 5.41) is 7.78. The molecule has 0 atom stereocenters. The first-order valence-electron chi connectivity index (χ1n) is 6.33. The van der Waals surface area contributed by atoms with Gasteiger partial charge in [-0.3, -0.25) is 0 Å². The molecule has 4 N–H and O–H groups in total. The molecule has 0 aliphatic heterocycles. The Morgan fingerprint density at radius 3 is 2.77 bits per heavy atom. The van der Waals surface area contributed by atoms with Gasteiger partial charge < -0.3 is 16.2 Å². The van der Waals surface area contributed by atoms with Crippen LogP contribution in [0.25, 0.3) is 0 Å². The van der Waals surface area contributed by atoms with Gasteiger partial charge in [0.05, 0.1) is 6.21 Å². The SMILES string of the molecule is NC(N)=NN=Cc1ccc(F)cc1OCc1cccc(Cl)c1. The lowest BCUT2D eigenvalue weighted by Crippen LogP contribution is -2.21. The summed E-state index contributed by atoms with van der Waals surface area (Å²) < 4.78 is 19.0. The number of benzene rings is 2. The average molecular weight is 321 g/mol. The van der Waals surface area contributed by atoms with Crippen molar-refractivity contribution in [2.75, 3.05) is 0 Å². The standard InChI is InChI=1S/C15H14ClFN4O/c16-12-3-1-2-10(6-12)9-22-14-7-13(17)5-4-11(14)8-20-21-15(18)19/h1-8H,9H2,(H4,18,19,21). The fourth-order valence-electron chi connectivity index (χ4n) is 1.69. The highest BCUT2D eigenvalue weighted by Gasteiger charge is 2.05. The van der Waals surface area contributed by atoms with Crippen molar-refractivity contribution in [2.45, 2.75) is 6.61 Å². The second kappa shape index (κ2) is 7.42. The quantitative estimate of drug-likeness (QED) is 0.504. The molecule has 0 amide bonds. The molecule has 7 heteroatoms. The third-order valence-electron chi connectivity index (χ3n) is 2.63. The molecule has 22 heavy (non-hydrogen) atoms. The lowest BCUT2D eigenvalue weighted by atomic mass is 10.2. The van der Waals surface area contributed by atoms with Crippen LogP contribution in [0.5, 0.6) is 5.75 Å². The molecule has 0 aromatic heterocycles. The Labute approximate surface area is 132 Å². The zero-order valence-corrected chi connectivity index (χ0v) is 12.3. The number of hydrogen-bond donors (Lipinski definition) is 2. The van der Waals surface area contributed by atoms with Crippen LogP contribution in [-0.4, -0.2) is 12.2 Å². The van der Waals surface area contributed by atoms with Crippen molar-refractivity contribution in [1.82, 2.24) is 0 Å². The zero-order valence-electron chi connectivity index (χ0n) is 11.5. The van der Waals surface area contributed by atoms with Crippen LogP contribution < -0.4 is 16.2 Å². The molecule has 0 heterocycles. The Morgan fingerprint density at radius 1 is 1.23 bits per heavy atom. The number of rotatable bonds is 5. The number of ether oxygens (including phenoxy) is 1. The fourth-order valence-corrected chi connectivity index (χ4v) is 1.90. The van der Waals surface area contributed by atoms with Gasteiger partial charge in [0.1, 0.15) is 18.2 Å². The third-order valence-corrected chi connectivity index (χ3v) is 2.86. The van der Waals surface area contributed by atoms with E-state index in [1.807, 2.05) is 12.1 Å².